The molecule has 3 amide bonds. The lowest BCUT2D eigenvalue weighted by Crippen LogP contribution is -2.44. The molecule has 2 fully saturated rings. The minimum atomic E-state index is -0.430. The molecule has 1 aromatic carbocycles. The van der Waals surface area contributed by atoms with Crippen molar-refractivity contribution in [1.82, 2.24) is 14.4 Å². The number of carbonyl (C=O) groups excluding carboxylic acids is 3. The molecule has 4 rings (SSSR count). The van der Waals surface area contributed by atoms with Crippen LogP contribution in [0.15, 0.2) is 29.2 Å². The second kappa shape index (κ2) is 9.65. The number of aryl methyl sites for hydroxylation is 1. The number of piperidine rings is 1. The summed E-state index contributed by atoms with van der Waals surface area (Å²) in [6.07, 6.45) is 4.74. The van der Waals surface area contributed by atoms with Gasteiger partial charge in [0.1, 0.15) is 12.3 Å². The van der Waals surface area contributed by atoms with Gasteiger partial charge in [0.15, 0.2) is 0 Å². The lowest BCUT2D eigenvalue weighted by molar-refractivity contribution is -0.136. The molecule has 33 heavy (non-hydrogen) atoms. The monoisotopic (exact) mass is 487 g/mol. The number of methoxy groups -OCH3 is 1. The number of halogens is 1. The molecule has 0 N–H and O–H groups in total. The Balaban J connectivity index is 1.59. The summed E-state index contributed by atoms with van der Waals surface area (Å²) in [6.45, 7) is 5.05. The first kappa shape index (κ1) is 23.4. The van der Waals surface area contributed by atoms with Gasteiger partial charge in [-0.2, -0.15) is 0 Å². The van der Waals surface area contributed by atoms with Crippen LogP contribution in [0.25, 0.3) is 11.8 Å². The van der Waals surface area contributed by atoms with Gasteiger partial charge in [-0.15, -0.1) is 0 Å². The van der Waals surface area contributed by atoms with Crippen molar-refractivity contribution in [3.05, 3.63) is 51.1 Å². The minimum Gasteiger partial charge on any atom is -0.495 e. The van der Waals surface area contributed by atoms with Crippen LogP contribution in [0, 0.1) is 13.8 Å². The second-order valence-corrected chi connectivity index (χ2v) is 9.62. The average Bonchev–Trinajstić information content (AvgIpc) is 3.23. The van der Waals surface area contributed by atoms with Crippen LogP contribution < -0.4 is 4.74 Å². The molecule has 0 saturated carbocycles. The van der Waals surface area contributed by atoms with Crippen LogP contribution in [0.2, 0.25) is 5.02 Å². The van der Waals surface area contributed by atoms with Crippen LogP contribution >= 0.6 is 23.4 Å². The molecule has 2 saturated heterocycles. The number of aromatic nitrogens is 1. The Morgan fingerprint density at radius 1 is 1.15 bits per heavy atom. The standard InChI is InChI=1S/C24H26ClN3O4S/c1-15-11-17(16(2)28(15)19-13-18(25)7-8-20(19)32-3)12-21-23(30)27(24(31)33-21)14-22(29)26-9-5-4-6-10-26/h7-8,11-13H,4-6,9-10,14H2,1-3H3/b21-12-. The molecule has 0 radical (unpaired) electrons. The lowest BCUT2D eigenvalue weighted by Gasteiger charge is -2.27. The molecule has 2 aliphatic rings. The Morgan fingerprint density at radius 3 is 2.58 bits per heavy atom. The number of nitrogens with zero attached hydrogens (tertiary/aromatic N) is 3. The predicted molar refractivity (Wildman–Crippen MR) is 130 cm³/mol. The van der Waals surface area contributed by atoms with Gasteiger partial charge < -0.3 is 14.2 Å². The summed E-state index contributed by atoms with van der Waals surface area (Å²) >= 11 is 7.09. The molecule has 1 aromatic heterocycles. The third-order valence-electron chi connectivity index (χ3n) is 6.01. The zero-order valence-electron chi connectivity index (χ0n) is 18.9. The molecule has 0 spiro atoms. The van der Waals surface area contributed by atoms with Crippen molar-refractivity contribution < 1.29 is 19.1 Å². The Bertz CT molecular complexity index is 1150. The highest BCUT2D eigenvalue weighted by Crippen LogP contribution is 2.35. The summed E-state index contributed by atoms with van der Waals surface area (Å²) in [5.74, 6) is 0.0641. The molecule has 7 nitrogen and oxygen atoms in total. The molecule has 2 aliphatic heterocycles. The van der Waals surface area contributed by atoms with Gasteiger partial charge in [0.25, 0.3) is 11.1 Å². The first-order chi connectivity index (χ1) is 15.8. The van der Waals surface area contributed by atoms with Gasteiger partial charge in [-0.3, -0.25) is 19.3 Å². The van der Waals surface area contributed by atoms with Crippen molar-refractivity contribution in [3.8, 4) is 11.4 Å². The molecule has 3 heterocycles. The number of benzene rings is 1. The number of rotatable bonds is 5. The number of amides is 3. The number of thioether (sulfide) groups is 1. The normalized spacial score (nSPS) is 17.9. The summed E-state index contributed by atoms with van der Waals surface area (Å²) in [7, 11) is 1.60. The molecule has 174 valence electrons. The molecule has 0 unspecified atom stereocenters. The van der Waals surface area contributed by atoms with Crippen LogP contribution in [-0.4, -0.2) is 58.2 Å². The predicted octanol–water partition coefficient (Wildman–Crippen LogP) is 4.80. The van der Waals surface area contributed by atoms with E-state index < -0.39 is 11.1 Å². The third-order valence-corrected chi connectivity index (χ3v) is 7.16. The van der Waals surface area contributed by atoms with Gasteiger partial charge in [-0.05, 0) is 80.8 Å². The Kier molecular flexibility index (Phi) is 6.86. The van der Waals surface area contributed by atoms with Crippen molar-refractivity contribution in [1.29, 1.82) is 0 Å². The zero-order valence-corrected chi connectivity index (χ0v) is 20.5. The second-order valence-electron chi connectivity index (χ2n) is 8.19. The highest BCUT2D eigenvalue weighted by atomic mass is 35.5. The summed E-state index contributed by atoms with van der Waals surface area (Å²) in [4.78, 5) is 41.2. The first-order valence-corrected chi connectivity index (χ1v) is 12.1. The Morgan fingerprint density at radius 2 is 1.88 bits per heavy atom. The van der Waals surface area contributed by atoms with Gasteiger partial charge in [0.2, 0.25) is 5.91 Å². The fraction of sp³-hybridized carbons (Fsp3) is 0.375. The third kappa shape index (κ3) is 4.68. The number of hydrogen-bond acceptors (Lipinski definition) is 5. The van der Waals surface area contributed by atoms with Crippen LogP contribution in [0.1, 0.15) is 36.2 Å². The lowest BCUT2D eigenvalue weighted by atomic mass is 10.1. The van der Waals surface area contributed by atoms with Crippen molar-refractivity contribution in [2.75, 3.05) is 26.7 Å². The van der Waals surface area contributed by atoms with Gasteiger partial charge in [-0.25, -0.2) is 0 Å². The van der Waals surface area contributed by atoms with Gasteiger partial charge in [-0.1, -0.05) is 11.6 Å². The number of carbonyl (C=O) groups is 3. The molecule has 2 aromatic rings. The molecular weight excluding hydrogens is 462 g/mol. The highest BCUT2D eigenvalue weighted by molar-refractivity contribution is 8.18. The van der Waals surface area contributed by atoms with Crippen LogP contribution in [-0.2, 0) is 9.59 Å². The number of likely N-dealkylation sites (tertiary alicyclic amines) is 1. The summed E-state index contributed by atoms with van der Waals surface area (Å²) in [6, 6.07) is 7.34. The van der Waals surface area contributed by atoms with Gasteiger partial charge >= 0.3 is 0 Å². The van der Waals surface area contributed by atoms with E-state index in [0.717, 1.165) is 58.6 Å². The molecule has 0 bridgehead atoms. The first-order valence-electron chi connectivity index (χ1n) is 10.9. The van der Waals surface area contributed by atoms with Crippen LogP contribution in [0.5, 0.6) is 5.75 Å². The van der Waals surface area contributed by atoms with Crippen LogP contribution in [0.3, 0.4) is 0 Å². The van der Waals surface area contributed by atoms with E-state index in [-0.39, 0.29) is 12.5 Å². The Labute approximate surface area is 202 Å². The van der Waals surface area contributed by atoms with E-state index in [1.54, 1.807) is 30.2 Å². The topological polar surface area (TPSA) is 71.8 Å². The molecule has 0 atom stereocenters. The smallest absolute Gasteiger partial charge is 0.294 e. The number of hydrogen-bond donors (Lipinski definition) is 0. The van der Waals surface area contributed by atoms with Crippen molar-refractivity contribution in [2.24, 2.45) is 0 Å². The highest BCUT2D eigenvalue weighted by Gasteiger charge is 2.37. The maximum absolute atomic E-state index is 13.0. The van der Waals surface area contributed by atoms with Crippen LogP contribution in [0.4, 0.5) is 4.79 Å². The van der Waals surface area contributed by atoms with E-state index in [1.165, 1.54) is 0 Å². The minimum absolute atomic E-state index is 0.176. The van der Waals surface area contributed by atoms with E-state index in [1.807, 2.05) is 30.5 Å². The average molecular weight is 488 g/mol. The fourth-order valence-corrected chi connectivity index (χ4v) is 5.29. The summed E-state index contributed by atoms with van der Waals surface area (Å²) in [5.41, 5.74) is 3.41. The zero-order chi connectivity index (χ0) is 23.7. The molecule has 0 aliphatic carbocycles. The van der Waals surface area contributed by atoms with E-state index in [4.69, 9.17) is 16.3 Å². The van der Waals surface area contributed by atoms with E-state index in [9.17, 15) is 14.4 Å². The number of ether oxygens (including phenoxy) is 1. The van der Waals surface area contributed by atoms with Gasteiger partial charge in [0.05, 0.1) is 17.7 Å². The summed E-state index contributed by atoms with van der Waals surface area (Å²) in [5, 5.41) is 0.168. The van der Waals surface area contributed by atoms with Crippen molar-refractivity contribution in [2.45, 2.75) is 33.1 Å². The number of imide groups is 1. The van der Waals surface area contributed by atoms with Crippen molar-refractivity contribution >= 4 is 46.5 Å². The van der Waals surface area contributed by atoms with E-state index >= 15 is 0 Å². The summed E-state index contributed by atoms with van der Waals surface area (Å²) < 4.78 is 7.50. The van der Waals surface area contributed by atoms with E-state index in [2.05, 4.69) is 0 Å². The van der Waals surface area contributed by atoms with E-state index in [0.29, 0.717) is 28.8 Å². The maximum Gasteiger partial charge on any atom is 0.294 e. The molecular formula is C24H26ClN3O4S. The molecule has 9 heteroatoms. The van der Waals surface area contributed by atoms with Crippen molar-refractivity contribution in [3.63, 3.8) is 0 Å². The SMILES string of the molecule is COc1ccc(Cl)cc1-n1c(C)cc(/C=C2\SC(=O)N(CC(=O)N3CCCCC3)C2=O)c1C. The Hall–Kier alpha value is -2.71. The largest absolute Gasteiger partial charge is 0.495 e. The fourth-order valence-electron chi connectivity index (χ4n) is 4.30. The quantitative estimate of drug-likeness (QED) is 0.566. The van der Waals surface area contributed by atoms with Gasteiger partial charge in [0, 0.05) is 29.5 Å². The maximum atomic E-state index is 13.0.